The zero-order valence-electron chi connectivity index (χ0n) is 12.6. The molecule has 24 heavy (non-hydrogen) atoms. The van der Waals surface area contributed by atoms with Gasteiger partial charge >= 0.3 is 5.97 Å². The van der Waals surface area contributed by atoms with Gasteiger partial charge < -0.3 is 5.11 Å². The van der Waals surface area contributed by atoms with Gasteiger partial charge in [0.2, 0.25) is 5.91 Å². The summed E-state index contributed by atoms with van der Waals surface area (Å²) in [4.78, 5) is 25.1. The maximum Gasteiger partial charge on any atom is 0.335 e. The predicted octanol–water partition coefficient (Wildman–Crippen LogP) is 3.95. The Morgan fingerprint density at radius 1 is 1.29 bits per heavy atom. The van der Waals surface area contributed by atoms with Crippen LogP contribution >= 0.6 is 11.8 Å². The molecule has 0 saturated carbocycles. The van der Waals surface area contributed by atoms with Gasteiger partial charge in [-0.3, -0.25) is 9.69 Å². The van der Waals surface area contributed by atoms with Crippen LogP contribution in [-0.2, 0) is 4.79 Å². The standard InChI is InChI=1S/C18H14FNO3S/c1-2-11-9-13(18(22)23)5-8-15(11)20-16(21)10-24-17(20)12-3-6-14(19)7-4-12/h2-9,17H,1,10H2,(H,22,23). The first-order valence-corrected chi connectivity index (χ1v) is 8.25. The second-order valence-corrected chi connectivity index (χ2v) is 6.33. The van der Waals surface area contributed by atoms with E-state index in [1.165, 1.54) is 42.1 Å². The number of carboxylic acid groups (broad SMARTS) is 1. The van der Waals surface area contributed by atoms with E-state index in [0.29, 0.717) is 17.0 Å². The molecule has 0 spiro atoms. The lowest BCUT2D eigenvalue weighted by molar-refractivity contribution is -0.115. The van der Waals surface area contributed by atoms with Crippen LogP contribution in [0.25, 0.3) is 6.08 Å². The third-order valence-corrected chi connectivity index (χ3v) is 4.99. The minimum Gasteiger partial charge on any atom is -0.478 e. The molecule has 1 unspecified atom stereocenters. The zero-order valence-corrected chi connectivity index (χ0v) is 13.4. The maximum absolute atomic E-state index is 13.2. The first-order valence-electron chi connectivity index (χ1n) is 7.20. The van der Waals surface area contributed by atoms with Crippen LogP contribution in [0, 0.1) is 5.82 Å². The number of hydrogen-bond donors (Lipinski definition) is 1. The van der Waals surface area contributed by atoms with Gasteiger partial charge in [0.25, 0.3) is 0 Å². The van der Waals surface area contributed by atoms with Crippen LogP contribution in [0.1, 0.15) is 26.9 Å². The number of carbonyl (C=O) groups excluding carboxylic acids is 1. The van der Waals surface area contributed by atoms with Crippen molar-refractivity contribution in [2.24, 2.45) is 0 Å². The number of rotatable bonds is 4. The van der Waals surface area contributed by atoms with Crippen molar-refractivity contribution in [3.05, 3.63) is 71.6 Å². The molecule has 4 nitrogen and oxygen atoms in total. The lowest BCUT2D eigenvalue weighted by atomic mass is 10.1. The third kappa shape index (κ3) is 2.92. The van der Waals surface area contributed by atoms with Gasteiger partial charge in [-0.1, -0.05) is 24.8 Å². The molecule has 1 aliphatic heterocycles. The van der Waals surface area contributed by atoms with Crippen molar-refractivity contribution in [1.29, 1.82) is 0 Å². The van der Waals surface area contributed by atoms with Crippen molar-refractivity contribution < 1.29 is 19.1 Å². The van der Waals surface area contributed by atoms with Crippen molar-refractivity contribution in [2.75, 3.05) is 10.7 Å². The number of halogens is 1. The van der Waals surface area contributed by atoms with Gasteiger partial charge in [-0.05, 0) is 41.5 Å². The SMILES string of the molecule is C=Cc1cc(C(=O)O)ccc1N1C(=O)CSC1c1ccc(F)cc1. The average Bonchev–Trinajstić information content (AvgIpc) is 2.96. The number of nitrogens with zero attached hydrogens (tertiary/aromatic N) is 1. The van der Waals surface area contributed by atoms with E-state index < -0.39 is 5.97 Å². The van der Waals surface area contributed by atoms with Crippen molar-refractivity contribution >= 4 is 35.4 Å². The van der Waals surface area contributed by atoms with E-state index in [2.05, 4.69) is 6.58 Å². The molecule has 3 rings (SSSR count). The maximum atomic E-state index is 13.2. The lowest BCUT2D eigenvalue weighted by Crippen LogP contribution is -2.28. The van der Waals surface area contributed by atoms with E-state index >= 15 is 0 Å². The minimum atomic E-state index is -1.04. The highest BCUT2D eigenvalue weighted by Gasteiger charge is 2.35. The van der Waals surface area contributed by atoms with Gasteiger partial charge in [-0.15, -0.1) is 11.8 Å². The van der Waals surface area contributed by atoms with Crippen molar-refractivity contribution in [1.82, 2.24) is 0 Å². The topological polar surface area (TPSA) is 57.6 Å². The van der Waals surface area contributed by atoms with Gasteiger partial charge in [0.05, 0.1) is 17.0 Å². The summed E-state index contributed by atoms with van der Waals surface area (Å²) >= 11 is 1.45. The van der Waals surface area contributed by atoms with Crippen molar-refractivity contribution in [3.63, 3.8) is 0 Å². The fraction of sp³-hybridized carbons (Fsp3) is 0.111. The smallest absolute Gasteiger partial charge is 0.335 e. The Kier molecular flexibility index (Phi) is 4.40. The molecule has 1 saturated heterocycles. The molecule has 0 bridgehead atoms. The van der Waals surface area contributed by atoms with Crippen LogP contribution in [0.4, 0.5) is 10.1 Å². The molecule has 0 aromatic heterocycles. The number of carboxylic acids is 1. The average molecular weight is 343 g/mol. The molecular formula is C18H14FNO3S. The third-order valence-electron chi connectivity index (χ3n) is 3.78. The molecule has 122 valence electrons. The lowest BCUT2D eigenvalue weighted by Gasteiger charge is -2.26. The monoisotopic (exact) mass is 343 g/mol. The van der Waals surface area contributed by atoms with Crippen molar-refractivity contribution in [2.45, 2.75) is 5.37 Å². The van der Waals surface area contributed by atoms with E-state index in [1.54, 1.807) is 23.1 Å². The Morgan fingerprint density at radius 2 is 2.00 bits per heavy atom. The highest BCUT2D eigenvalue weighted by Crippen LogP contribution is 2.43. The molecule has 1 amide bonds. The summed E-state index contributed by atoms with van der Waals surface area (Å²) in [6.45, 7) is 3.71. The summed E-state index contributed by atoms with van der Waals surface area (Å²) in [5.41, 5.74) is 2.10. The molecule has 1 N–H and O–H groups in total. The molecule has 1 heterocycles. The Labute approximate surface area is 142 Å². The van der Waals surface area contributed by atoms with Gasteiger partial charge in [0, 0.05) is 0 Å². The van der Waals surface area contributed by atoms with Gasteiger partial charge in [0.1, 0.15) is 11.2 Å². The van der Waals surface area contributed by atoms with Crippen LogP contribution in [0.15, 0.2) is 49.0 Å². The molecule has 0 radical (unpaired) electrons. The number of aromatic carboxylic acids is 1. The molecule has 6 heteroatoms. The van der Waals surface area contributed by atoms with Gasteiger partial charge in [-0.25, -0.2) is 9.18 Å². The van der Waals surface area contributed by atoms with E-state index in [1.807, 2.05) is 0 Å². The molecule has 2 aromatic rings. The molecule has 2 aromatic carbocycles. The number of carbonyl (C=O) groups is 2. The number of hydrogen-bond acceptors (Lipinski definition) is 3. The molecule has 1 fully saturated rings. The van der Waals surface area contributed by atoms with Crippen LogP contribution < -0.4 is 4.90 Å². The van der Waals surface area contributed by atoms with Crippen LogP contribution in [0.5, 0.6) is 0 Å². The number of amides is 1. The first kappa shape index (κ1) is 16.3. The summed E-state index contributed by atoms with van der Waals surface area (Å²) in [6.07, 6.45) is 1.53. The molecule has 1 aliphatic rings. The number of anilines is 1. The van der Waals surface area contributed by atoms with Crippen molar-refractivity contribution in [3.8, 4) is 0 Å². The Hall–Kier alpha value is -2.60. The number of thioether (sulfide) groups is 1. The van der Waals surface area contributed by atoms with Gasteiger partial charge in [0.15, 0.2) is 0 Å². The largest absolute Gasteiger partial charge is 0.478 e. The van der Waals surface area contributed by atoms with E-state index in [-0.39, 0.29) is 22.7 Å². The first-order chi connectivity index (χ1) is 11.5. The Balaban J connectivity index is 2.05. The fourth-order valence-corrected chi connectivity index (χ4v) is 3.80. The van der Waals surface area contributed by atoms with Crippen LogP contribution in [-0.4, -0.2) is 22.7 Å². The van der Waals surface area contributed by atoms with Gasteiger partial charge in [-0.2, -0.15) is 0 Å². The summed E-state index contributed by atoms with van der Waals surface area (Å²) in [7, 11) is 0. The second-order valence-electron chi connectivity index (χ2n) is 5.26. The number of benzene rings is 2. The highest BCUT2D eigenvalue weighted by atomic mass is 32.2. The molecule has 0 aliphatic carbocycles. The summed E-state index contributed by atoms with van der Waals surface area (Å²) < 4.78 is 13.2. The van der Waals surface area contributed by atoms with Crippen LogP contribution in [0.3, 0.4) is 0 Å². The Bertz CT molecular complexity index is 820. The summed E-state index contributed by atoms with van der Waals surface area (Å²) in [5.74, 6) is -1.15. The quantitative estimate of drug-likeness (QED) is 0.913. The zero-order chi connectivity index (χ0) is 17.3. The molecule has 1 atom stereocenters. The minimum absolute atomic E-state index is 0.0829. The normalized spacial score (nSPS) is 17.1. The van der Waals surface area contributed by atoms with E-state index in [4.69, 9.17) is 5.11 Å². The van der Waals surface area contributed by atoms with E-state index in [9.17, 15) is 14.0 Å². The Morgan fingerprint density at radius 3 is 2.62 bits per heavy atom. The van der Waals surface area contributed by atoms with E-state index in [0.717, 1.165) is 5.56 Å². The second kappa shape index (κ2) is 6.49. The predicted molar refractivity (Wildman–Crippen MR) is 92.6 cm³/mol. The summed E-state index contributed by atoms with van der Waals surface area (Å²) in [5, 5.41) is 8.83. The van der Waals surface area contributed by atoms with Crippen LogP contribution in [0.2, 0.25) is 0 Å². The molecular weight excluding hydrogens is 329 g/mol. The highest BCUT2D eigenvalue weighted by molar-refractivity contribution is 8.00. The fourth-order valence-electron chi connectivity index (χ4n) is 2.63. The summed E-state index contributed by atoms with van der Waals surface area (Å²) in [6, 6.07) is 10.6.